The van der Waals surface area contributed by atoms with Crippen LogP contribution in [0, 0.1) is 5.92 Å². The molecule has 3 nitrogen and oxygen atoms in total. The van der Waals surface area contributed by atoms with E-state index in [-0.39, 0.29) is 0 Å². The van der Waals surface area contributed by atoms with E-state index in [0.717, 1.165) is 38.5 Å². The summed E-state index contributed by atoms with van der Waals surface area (Å²) in [6, 6.07) is 0. The van der Waals surface area contributed by atoms with Gasteiger partial charge in [-0.25, -0.2) is 0 Å². The highest BCUT2D eigenvalue weighted by atomic mass is 32.2. The summed E-state index contributed by atoms with van der Waals surface area (Å²) < 4.78 is 5.47. The SMILES string of the molecule is CCCOCCCN=C1NC2(CCCC(C)C2)CS1. The first-order chi connectivity index (χ1) is 9.24. The Morgan fingerprint density at radius 3 is 3.16 bits per heavy atom. The van der Waals surface area contributed by atoms with Crippen LogP contribution in [-0.4, -0.2) is 36.2 Å². The van der Waals surface area contributed by atoms with Crippen LogP contribution >= 0.6 is 11.8 Å². The average molecular weight is 284 g/mol. The van der Waals surface area contributed by atoms with Crippen LogP contribution in [0.15, 0.2) is 4.99 Å². The molecule has 1 heterocycles. The van der Waals surface area contributed by atoms with Crippen LogP contribution in [-0.2, 0) is 4.74 Å². The Labute approximate surface area is 122 Å². The smallest absolute Gasteiger partial charge is 0.157 e. The third-order valence-electron chi connectivity index (χ3n) is 4.00. The van der Waals surface area contributed by atoms with Crippen molar-refractivity contribution in [1.29, 1.82) is 0 Å². The highest BCUT2D eigenvalue weighted by molar-refractivity contribution is 8.14. The molecule has 1 N–H and O–H groups in total. The lowest BCUT2D eigenvalue weighted by molar-refractivity contribution is 0.134. The first-order valence-corrected chi connectivity index (χ1v) is 8.76. The molecule has 0 bridgehead atoms. The van der Waals surface area contributed by atoms with Crippen molar-refractivity contribution in [3.63, 3.8) is 0 Å². The number of hydrogen-bond acceptors (Lipinski definition) is 3. The molecule has 2 rings (SSSR count). The molecule has 19 heavy (non-hydrogen) atoms. The zero-order valence-corrected chi connectivity index (χ0v) is 13.2. The molecule has 110 valence electrons. The number of nitrogens with one attached hydrogen (secondary N) is 1. The summed E-state index contributed by atoms with van der Waals surface area (Å²) in [6.45, 7) is 7.14. The second kappa shape index (κ2) is 7.53. The van der Waals surface area contributed by atoms with Crippen molar-refractivity contribution < 1.29 is 4.74 Å². The Kier molecular flexibility index (Phi) is 6.02. The molecule has 2 atom stereocenters. The van der Waals surface area contributed by atoms with Gasteiger partial charge in [-0.15, -0.1) is 0 Å². The molecule has 1 spiro atoms. The van der Waals surface area contributed by atoms with Crippen LogP contribution in [0.1, 0.15) is 52.4 Å². The van der Waals surface area contributed by atoms with E-state index in [1.807, 2.05) is 11.8 Å². The minimum Gasteiger partial charge on any atom is -0.381 e. The zero-order valence-electron chi connectivity index (χ0n) is 12.4. The zero-order chi connectivity index (χ0) is 13.6. The summed E-state index contributed by atoms with van der Waals surface area (Å²) >= 11 is 1.92. The lowest BCUT2D eigenvalue weighted by Gasteiger charge is -2.36. The van der Waals surface area contributed by atoms with Crippen molar-refractivity contribution in [1.82, 2.24) is 5.32 Å². The fraction of sp³-hybridized carbons (Fsp3) is 0.933. The molecule has 0 aromatic carbocycles. The molecule has 1 saturated heterocycles. The highest BCUT2D eigenvalue weighted by Crippen LogP contribution is 2.38. The second-order valence-electron chi connectivity index (χ2n) is 6.05. The monoisotopic (exact) mass is 284 g/mol. The van der Waals surface area contributed by atoms with Crippen LogP contribution < -0.4 is 5.32 Å². The lowest BCUT2D eigenvalue weighted by Crippen LogP contribution is -2.47. The third kappa shape index (κ3) is 4.67. The number of aliphatic imine (C=N–C) groups is 1. The summed E-state index contributed by atoms with van der Waals surface area (Å²) in [5.41, 5.74) is 0.361. The Morgan fingerprint density at radius 2 is 2.37 bits per heavy atom. The molecule has 2 unspecified atom stereocenters. The van der Waals surface area contributed by atoms with Gasteiger partial charge in [0, 0.05) is 31.1 Å². The summed E-state index contributed by atoms with van der Waals surface area (Å²) in [6.07, 6.45) is 7.55. The molecule has 1 aliphatic carbocycles. The third-order valence-corrected chi connectivity index (χ3v) is 5.20. The normalized spacial score (nSPS) is 32.9. The standard InChI is InChI=1S/C15H28N2OS/c1-3-9-18-10-5-8-16-14-17-15(12-19-14)7-4-6-13(2)11-15/h13H,3-12H2,1-2H3,(H,16,17). The van der Waals surface area contributed by atoms with Gasteiger partial charge in [-0.05, 0) is 31.6 Å². The summed E-state index contributed by atoms with van der Waals surface area (Å²) in [5, 5.41) is 4.88. The molecule has 1 saturated carbocycles. The second-order valence-corrected chi connectivity index (χ2v) is 7.01. The minimum atomic E-state index is 0.361. The van der Waals surface area contributed by atoms with Gasteiger partial charge in [-0.2, -0.15) is 0 Å². The van der Waals surface area contributed by atoms with Gasteiger partial charge < -0.3 is 10.1 Å². The summed E-state index contributed by atoms with van der Waals surface area (Å²) in [4.78, 5) is 4.68. The van der Waals surface area contributed by atoms with E-state index < -0.39 is 0 Å². The van der Waals surface area contributed by atoms with Crippen molar-refractivity contribution in [2.75, 3.05) is 25.5 Å². The van der Waals surface area contributed by atoms with Crippen LogP contribution in [0.4, 0.5) is 0 Å². The predicted molar refractivity (Wildman–Crippen MR) is 84.0 cm³/mol. The molecule has 0 radical (unpaired) electrons. The number of thioether (sulfide) groups is 1. The molecule has 4 heteroatoms. The fourth-order valence-corrected chi connectivity index (χ4v) is 4.31. The Balaban J connectivity index is 1.69. The van der Waals surface area contributed by atoms with Gasteiger partial charge in [-0.3, -0.25) is 4.99 Å². The van der Waals surface area contributed by atoms with Crippen molar-refractivity contribution in [2.45, 2.75) is 57.9 Å². The Hall–Kier alpha value is -0.220. The van der Waals surface area contributed by atoms with Gasteiger partial charge in [0.05, 0.1) is 0 Å². The quantitative estimate of drug-likeness (QED) is 0.759. The molecule has 0 aromatic rings. The molecular formula is C15H28N2OS. The van der Waals surface area contributed by atoms with Gasteiger partial charge in [0.25, 0.3) is 0 Å². The number of ether oxygens (including phenoxy) is 1. The van der Waals surface area contributed by atoms with E-state index in [0.29, 0.717) is 5.54 Å². The number of amidine groups is 1. The van der Waals surface area contributed by atoms with Crippen LogP contribution in [0.2, 0.25) is 0 Å². The number of hydrogen-bond donors (Lipinski definition) is 1. The first kappa shape index (κ1) is 15.2. The van der Waals surface area contributed by atoms with Crippen LogP contribution in [0.3, 0.4) is 0 Å². The van der Waals surface area contributed by atoms with Gasteiger partial charge in [0.2, 0.25) is 0 Å². The first-order valence-electron chi connectivity index (χ1n) is 7.77. The lowest BCUT2D eigenvalue weighted by atomic mass is 9.78. The fourth-order valence-electron chi connectivity index (χ4n) is 3.09. The van der Waals surface area contributed by atoms with Gasteiger partial charge in [-0.1, -0.05) is 38.5 Å². The van der Waals surface area contributed by atoms with Gasteiger partial charge in [0.15, 0.2) is 5.17 Å². The predicted octanol–water partition coefficient (Wildman–Crippen LogP) is 3.44. The van der Waals surface area contributed by atoms with Crippen molar-refractivity contribution in [2.24, 2.45) is 10.9 Å². The molecule has 1 aliphatic heterocycles. The Bertz CT molecular complexity index is 309. The van der Waals surface area contributed by atoms with E-state index in [9.17, 15) is 0 Å². The topological polar surface area (TPSA) is 33.6 Å². The molecule has 2 fully saturated rings. The summed E-state index contributed by atoms with van der Waals surface area (Å²) in [5.74, 6) is 2.08. The van der Waals surface area contributed by atoms with Crippen molar-refractivity contribution in [3.8, 4) is 0 Å². The maximum absolute atomic E-state index is 5.47. The number of rotatable bonds is 6. The molecule has 0 aromatic heterocycles. The van der Waals surface area contributed by atoms with Crippen molar-refractivity contribution in [3.05, 3.63) is 0 Å². The van der Waals surface area contributed by atoms with E-state index in [2.05, 4.69) is 24.2 Å². The summed E-state index contributed by atoms with van der Waals surface area (Å²) in [7, 11) is 0. The molecular weight excluding hydrogens is 256 g/mol. The van der Waals surface area contributed by atoms with Gasteiger partial charge in [0.1, 0.15) is 0 Å². The maximum Gasteiger partial charge on any atom is 0.157 e. The minimum absolute atomic E-state index is 0.361. The van der Waals surface area contributed by atoms with Crippen LogP contribution in [0.5, 0.6) is 0 Å². The van der Waals surface area contributed by atoms with Crippen molar-refractivity contribution >= 4 is 16.9 Å². The Morgan fingerprint density at radius 1 is 1.47 bits per heavy atom. The highest BCUT2D eigenvalue weighted by Gasteiger charge is 2.40. The molecule has 0 amide bonds. The van der Waals surface area contributed by atoms with Crippen LogP contribution in [0.25, 0.3) is 0 Å². The number of nitrogens with zero attached hydrogens (tertiary/aromatic N) is 1. The van der Waals surface area contributed by atoms with E-state index in [1.54, 1.807) is 0 Å². The van der Waals surface area contributed by atoms with E-state index >= 15 is 0 Å². The van der Waals surface area contributed by atoms with Gasteiger partial charge >= 0.3 is 0 Å². The molecule has 2 aliphatic rings. The van der Waals surface area contributed by atoms with E-state index in [1.165, 1.54) is 36.6 Å². The largest absolute Gasteiger partial charge is 0.381 e. The maximum atomic E-state index is 5.47. The van der Waals surface area contributed by atoms with E-state index in [4.69, 9.17) is 4.74 Å². The average Bonchev–Trinajstić information content (AvgIpc) is 2.76.